The molecule has 1 N–H and O–H groups in total. The third-order valence-electron chi connectivity index (χ3n) is 3.96. The average molecular weight is 285 g/mol. The van der Waals surface area contributed by atoms with Crippen molar-refractivity contribution in [3.05, 3.63) is 48.3 Å². The Morgan fingerprint density at radius 2 is 1.95 bits per heavy atom. The van der Waals surface area contributed by atoms with Crippen molar-refractivity contribution in [2.45, 2.75) is 38.3 Å². The summed E-state index contributed by atoms with van der Waals surface area (Å²) in [4.78, 5) is 0. The van der Waals surface area contributed by atoms with Gasteiger partial charge >= 0.3 is 0 Å². The average Bonchev–Trinajstić information content (AvgIpc) is 3.19. The largest absolute Gasteiger partial charge is 0.492 e. The predicted molar refractivity (Wildman–Crippen MR) is 83.4 cm³/mol. The summed E-state index contributed by atoms with van der Waals surface area (Å²) in [6.45, 7) is 2.30. The summed E-state index contributed by atoms with van der Waals surface area (Å²) < 4.78 is 7.79. The number of benzene rings is 1. The maximum absolute atomic E-state index is 5.64. The molecule has 4 heteroatoms. The topological polar surface area (TPSA) is 39.1 Å². The van der Waals surface area contributed by atoms with Gasteiger partial charge in [-0.05, 0) is 31.0 Å². The third kappa shape index (κ3) is 4.08. The van der Waals surface area contributed by atoms with Crippen molar-refractivity contribution in [1.82, 2.24) is 15.1 Å². The molecule has 1 heterocycles. The van der Waals surface area contributed by atoms with E-state index < -0.39 is 0 Å². The van der Waals surface area contributed by atoms with E-state index in [0.717, 1.165) is 24.5 Å². The first-order valence-corrected chi connectivity index (χ1v) is 7.84. The van der Waals surface area contributed by atoms with Crippen LogP contribution in [0.2, 0.25) is 0 Å². The minimum Gasteiger partial charge on any atom is -0.492 e. The fourth-order valence-electron chi connectivity index (χ4n) is 2.82. The van der Waals surface area contributed by atoms with E-state index in [0.29, 0.717) is 12.6 Å². The van der Waals surface area contributed by atoms with Crippen LogP contribution < -0.4 is 10.1 Å². The van der Waals surface area contributed by atoms with Gasteiger partial charge in [0.1, 0.15) is 12.4 Å². The molecule has 1 aromatic heterocycles. The molecule has 112 valence electrons. The Kier molecular flexibility index (Phi) is 4.90. The van der Waals surface area contributed by atoms with Crippen molar-refractivity contribution in [3.63, 3.8) is 0 Å². The second-order valence-electron chi connectivity index (χ2n) is 5.56. The zero-order chi connectivity index (χ0) is 14.3. The first-order chi connectivity index (χ1) is 10.4. The number of para-hydroxylation sites is 1. The van der Waals surface area contributed by atoms with Crippen LogP contribution in [0.1, 0.15) is 37.4 Å². The summed E-state index contributed by atoms with van der Waals surface area (Å²) in [5.41, 5.74) is 1.11. The molecular formula is C17H23N3O. The smallest absolute Gasteiger partial charge is 0.119 e. The first kappa shape index (κ1) is 14.1. The molecule has 0 aliphatic heterocycles. The van der Waals surface area contributed by atoms with E-state index in [1.54, 1.807) is 0 Å². The monoisotopic (exact) mass is 285 g/mol. The molecule has 1 aromatic carbocycles. The van der Waals surface area contributed by atoms with Gasteiger partial charge in [0.2, 0.25) is 0 Å². The molecule has 3 rings (SSSR count). The lowest BCUT2D eigenvalue weighted by atomic mass is 10.3. The summed E-state index contributed by atoms with van der Waals surface area (Å²) in [5.74, 6) is 0.921. The van der Waals surface area contributed by atoms with E-state index in [9.17, 15) is 0 Å². The van der Waals surface area contributed by atoms with Gasteiger partial charge in [-0.3, -0.25) is 4.68 Å². The Balaban J connectivity index is 1.35. The number of aromatic nitrogens is 2. The number of nitrogens with one attached hydrogen (secondary N) is 1. The Labute approximate surface area is 126 Å². The van der Waals surface area contributed by atoms with Crippen LogP contribution in [-0.4, -0.2) is 22.9 Å². The fourth-order valence-corrected chi connectivity index (χ4v) is 2.82. The van der Waals surface area contributed by atoms with Crippen molar-refractivity contribution >= 4 is 0 Å². The van der Waals surface area contributed by atoms with Gasteiger partial charge in [0.05, 0.1) is 11.7 Å². The van der Waals surface area contributed by atoms with Gasteiger partial charge in [-0.15, -0.1) is 0 Å². The highest BCUT2D eigenvalue weighted by Crippen LogP contribution is 2.28. The minimum absolute atomic E-state index is 0.625. The number of hydrogen-bond acceptors (Lipinski definition) is 3. The van der Waals surface area contributed by atoms with Crippen molar-refractivity contribution in [1.29, 1.82) is 0 Å². The Hall–Kier alpha value is -1.81. The molecule has 0 radical (unpaired) electrons. The van der Waals surface area contributed by atoms with Gasteiger partial charge in [0, 0.05) is 19.3 Å². The molecule has 1 saturated carbocycles. The molecule has 0 unspecified atom stereocenters. The van der Waals surface area contributed by atoms with Gasteiger partial charge in [-0.25, -0.2) is 0 Å². The SMILES string of the molecule is c1ccc(OCCNCc2ccn(C3CCCC3)n2)cc1. The lowest BCUT2D eigenvalue weighted by Crippen LogP contribution is -2.21. The van der Waals surface area contributed by atoms with Crippen molar-refractivity contribution in [2.24, 2.45) is 0 Å². The van der Waals surface area contributed by atoms with Crippen LogP contribution in [0.15, 0.2) is 42.6 Å². The highest BCUT2D eigenvalue weighted by Gasteiger charge is 2.17. The van der Waals surface area contributed by atoms with Crippen LogP contribution in [0.5, 0.6) is 5.75 Å². The van der Waals surface area contributed by atoms with E-state index in [1.165, 1.54) is 25.7 Å². The number of hydrogen-bond donors (Lipinski definition) is 1. The Morgan fingerprint density at radius 1 is 1.14 bits per heavy atom. The zero-order valence-electron chi connectivity index (χ0n) is 12.4. The molecular weight excluding hydrogens is 262 g/mol. The van der Waals surface area contributed by atoms with E-state index in [4.69, 9.17) is 4.74 Å². The fraction of sp³-hybridized carbons (Fsp3) is 0.471. The highest BCUT2D eigenvalue weighted by molar-refractivity contribution is 5.20. The van der Waals surface area contributed by atoms with Crippen LogP contribution in [-0.2, 0) is 6.54 Å². The maximum atomic E-state index is 5.64. The van der Waals surface area contributed by atoms with Crippen molar-refractivity contribution < 1.29 is 4.74 Å². The molecule has 1 fully saturated rings. The van der Waals surface area contributed by atoms with Gasteiger partial charge in [0.15, 0.2) is 0 Å². The second kappa shape index (κ2) is 7.27. The molecule has 0 bridgehead atoms. The molecule has 1 aliphatic rings. The van der Waals surface area contributed by atoms with Crippen LogP contribution in [0.4, 0.5) is 0 Å². The van der Waals surface area contributed by atoms with Crippen LogP contribution in [0.25, 0.3) is 0 Å². The number of ether oxygens (including phenoxy) is 1. The van der Waals surface area contributed by atoms with Crippen LogP contribution >= 0.6 is 0 Å². The summed E-state index contributed by atoms with van der Waals surface area (Å²) in [5, 5.41) is 8.04. The first-order valence-electron chi connectivity index (χ1n) is 7.84. The highest BCUT2D eigenvalue weighted by atomic mass is 16.5. The lowest BCUT2D eigenvalue weighted by molar-refractivity contribution is 0.313. The van der Waals surface area contributed by atoms with Gasteiger partial charge in [0.25, 0.3) is 0 Å². The second-order valence-corrected chi connectivity index (χ2v) is 5.56. The Bertz CT molecular complexity index is 532. The number of rotatable bonds is 7. The van der Waals surface area contributed by atoms with E-state index in [1.807, 2.05) is 30.3 Å². The zero-order valence-corrected chi connectivity index (χ0v) is 12.4. The van der Waals surface area contributed by atoms with E-state index >= 15 is 0 Å². The predicted octanol–water partition coefficient (Wildman–Crippen LogP) is 3.17. The molecule has 1 aliphatic carbocycles. The van der Waals surface area contributed by atoms with E-state index in [2.05, 4.69) is 27.4 Å². The maximum Gasteiger partial charge on any atom is 0.119 e. The van der Waals surface area contributed by atoms with Gasteiger partial charge in [-0.2, -0.15) is 5.10 Å². The molecule has 0 amide bonds. The molecule has 0 spiro atoms. The molecule has 2 aromatic rings. The summed E-state index contributed by atoms with van der Waals surface area (Å²) >= 11 is 0. The normalized spacial score (nSPS) is 15.4. The van der Waals surface area contributed by atoms with E-state index in [-0.39, 0.29) is 0 Å². The van der Waals surface area contributed by atoms with Crippen LogP contribution in [0, 0.1) is 0 Å². The van der Waals surface area contributed by atoms with Crippen molar-refractivity contribution in [2.75, 3.05) is 13.2 Å². The summed E-state index contributed by atoms with van der Waals surface area (Å²) in [6, 6.07) is 12.7. The molecule has 4 nitrogen and oxygen atoms in total. The Morgan fingerprint density at radius 3 is 2.76 bits per heavy atom. The summed E-state index contributed by atoms with van der Waals surface area (Å²) in [7, 11) is 0. The lowest BCUT2D eigenvalue weighted by Gasteiger charge is -2.09. The minimum atomic E-state index is 0.625. The molecule has 0 saturated heterocycles. The third-order valence-corrected chi connectivity index (χ3v) is 3.96. The number of nitrogens with zero attached hydrogens (tertiary/aromatic N) is 2. The van der Waals surface area contributed by atoms with Crippen LogP contribution in [0.3, 0.4) is 0 Å². The standard InChI is InChI=1S/C17H23N3O/c1-2-8-17(9-3-1)21-13-11-18-14-15-10-12-20(19-15)16-6-4-5-7-16/h1-3,8-10,12,16,18H,4-7,11,13-14H2. The van der Waals surface area contributed by atoms with Gasteiger partial charge < -0.3 is 10.1 Å². The quantitative estimate of drug-likeness (QED) is 0.794. The van der Waals surface area contributed by atoms with Gasteiger partial charge in [-0.1, -0.05) is 31.0 Å². The molecule has 0 atom stereocenters. The summed E-state index contributed by atoms with van der Waals surface area (Å²) in [6.07, 6.45) is 7.36. The van der Waals surface area contributed by atoms with Crippen molar-refractivity contribution in [3.8, 4) is 5.75 Å². The molecule has 21 heavy (non-hydrogen) atoms.